The van der Waals surface area contributed by atoms with Crippen molar-refractivity contribution in [2.24, 2.45) is 0 Å². The van der Waals surface area contributed by atoms with Crippen LogP contribution >= 0.6 is 11.6 Å². The lowest BCUT2D eigenvalue weighted by Gasteiger charge is -2.15. The minimum absolute atomic E-state index is 0.0661. The van der Waals surface area contributed by atoms with Gasteiger partial charge in [0, 0.05) is 18.8 Å². The summed E-state index contributed by atoms with van der Waals surface area (Å²) in [6, 6.07) is 4.82. The smallest absolute Gasteiger partial charge is 0.310 e. The van der Waals surface area contributed by atoms with Gasteiger partial charge in [0.05, 0.1) is 17.1 Å². The van der Waals surface area contributed by atoms with E-state index in [4.69, 9.17) is 11.6 Å². The number of pyridine rings is 1. The third-order valence-corrected chi connectivity index (χ3v) is 5.47. The molecule has 0 aliphatic rings. The predicted molar refractivity (Wildman–Crippen MR) is 92.3 cm³/mol. The summed E-state index contributed by atoms with van der Waals surface area (Å²) in [5, 5.41) is 13.2. The number of nitrogens with zero attached hydrogens (tertiary/aromatic N) is 3. The molecule has 0 unspecified atom stereocenters. The molecule has 0 atom stereocenters. The standard InChI is InChI=1S/C14H13ClN4O6S/c1-18(25-2)26(23,24)13-7-9(3-4-10(13)15)14(20)17-11-5-6-16-8-12(11)19(21)22/h3-8H,1-2H3,(H,16,17,20). The molecule has 10 nitrogen and oxygen atoms in total. The van der Waals surface area contributed by atoms with Gasteiger partial charge < -0.3 is 5.32 Å². The lowest BCUT2D eigenvalue weighted by Crippen LogP contribution is -2.26. The highest BCUT2D eigenvalue weighted by molar-refractivity contribution is 7.89. The second kappa shape index (κ2) is 7.74. The van der Waals surface area contributed by atoms with Gasteiger partial charge in [-0.15, -0.1) is 0 Å². The first-order valence-electron chi connectivity index (χ1n) is 6.91. The molecule has 138 valence electrons. The van der Waals surface area contributed by atoms with Crippen LogP contribution in [0.1, 0.15) is 10.4 Å². The van der Waals surface area contributed by atoms with Crippen LogP contribution in [0.15, 0.2) is 41.6 Å². The van der Waals surface area contributed by atoms with Gasteiger partial charge in [-0.1, -0.05) is 16.1 Å². The van der Waals surface area contributed by atoms with E-state index in [9.17, 15) is 23.3 Å². The molecular formula is C14H13ClN4O6S. The lowest BCUT2D eigenvalue weighted by molar-refractivity contribution is -0.384. The van der Waals surface area contributed by atoms with Gasteiger partial charge in [0.2, 0.25) is 0 Å². The van der Waals surface area contributed by atoms with E-state index in [0.717, 1.165) is 19.4 Å². The SMILES string of the molecule is CON(C)S(=O)(=O)c1cc(C(=O)Nc2ccncc2[N+](=O)[O-])ccc1Cl. The molecule has 2 rings (SSSR count). The van der Waals surface area contributed by atoms with Crippen LogP contribution in [-0.4, -0.2) is 42.9 Å². The van der Waals surface area contributed by atoms with Crippen LogP contribution in [0, 0.1) is 10.1 Å². The number of carbonyl (C=O) groups is 1. The maximum atomic E-state index is 12.4. The molecule has 26 heavy (non-hydrogen) atoms. The highest BCUT2D eigenvalue weighted by Gasteiger charge is 2.25. The van der Waals surface area contributed by atoms with Gasteiger partial charge >= 0.3 is 5.69 Å². The van der Waals surface area contributed by atoms with Crippen molar-refractivity contribution in [3.63, 3.8) is 0 Å². The van der Waals surface area contributed by atoms with Gasteiger partial charge in [-0.3, -0.25) is 24.7 Å². The number of carbonyl (C=O) groups excluding carboxylic acids is 1. The van der Waals surface area contributed by atoms with Gasteiger partial charge in [-0.05, 0) is 24.3 Å². The Bertz CT molecular complexity index is 966. The van der Waals surface area contributed by atoms with Crippen LogP contribution in [0.3, 0.4) is 0 Å². The van der Waals surface area contributed by atoms with Crippen molar-refractivity contribution in [1.29, 1.82) is 0 Å². The van der Waals surface area contributed by atoms with Crippen molar-refractivity contribution in [1.82, 2.24) is 9.45 Å². The Kier molecular flexibility index (Phi) is 5.87. The zero-order chi connectivity index (χ0) is 19.5. The number of rotatable bonds is 6. The molecule has 0 fully saturated rings. The highest BCUT2D eigenvalue weighted by atomic mass is 35.5. The predicted octanol–water partition coefficient (Wildman–Crippen LogP) is 2.08. The first-order valence-corrected chi connectivity index (χ1v) is 8.72. The molecule has 1 amide bonds. The number of hydrogen-bond acceptors (Lipinski definition) is 7. The zero-order valence-corrected chi connectivity index (χ0v) is 15.1. The number of amides is 1. The molecule has 0 bridgehead atoms. The van der Waals surface area contributed by atoms with E-state index in [1.807, 2.05) is 0 Å². The van der Waals surface area contributed by atoms with Gasteiger partial charge in [0.15, 0.2) is 0 Å². The molecule has 1 heterocycles. The molecule has 0 aliphatic heterocycles. The van der Waals surface area contributed by atoms with Crippen LogP contribution in [0.5, 0.6) is 0 Å². The largest absolute Gasteiger partial charge is 0.316 e. The van der Waals surface area contributed by atoms with Crippen LogP contribution < -0.4 is 5.32 Å². The summed E-state index contributed by atoms with van der Waals surface area (Å²) in [5.74, 6) is -0.757. The molecule has 1 N–H and O–H groups in total. The van der Waals surface area contributed by atoms with Gasteiger partial charge in [0.25, 0.3) is 15.9 Å². The van der Waals surface area contributed by atoms with Gasteiger partial charge in [-0.2, -0.15) is 0 Å². The third-order valence-electron chi connectivity index (χ3n) is 3.31. The van der Waals surface area contributed by atoms with Crippen molar-refractivity contribution < 1.29 is 23.0 Å². The van der Waals surface area contributed by atoms with Crippen LogP contribution in [0.4, 0.5) is 11.4 Å². The van der Waals surface area contributed by atoms with E-state index in [1.54, 1.807) is 0 Å². The topological polar surface area (TPSA) is 132 Å². The normalized spacial score (nSPS) is 11.4. The summed E-state index contributed by atoms with van der Waals surface area (Å²) in [5.41, 5.74) is -0.547. The van der Waals surface area contributed by atoms with Gasteiger partial charge in [-0.25, -0.2) is 8.42 Å². The maximum absolute atomic E-state index is 12.4. The fraction of sp³-hybridized carbons (Fsp3) is 0.143. The second-order valence-electron chi connectivity index (χ2n) is 4.85. The van der Waals surface area contributed by atoms with Crippen molar-refractivity contribution in [2.45, 2.75) is 4.90 Å². The Balaban J connectivity index is 2.40. The van der Waals surface area contributed by atoms with Gasteiger partial charge in [0.1, 0.15) is 16.8 Å². The molecule has 1 aromatic carbocycles. The first-order chi connectivity index (χ1) is 12.2. The average molecular weight is 401 g/mol. The number of benzene rings is 1. The van der Waals surface area contributed by atoms with Crippen molar-refractivity contribution >= 4 is 38.9 Å². The molecular weight excluding hydrogens is 388 g/mol. The summed E-state index contributed by atoms with van der Waals surface area (Å²) in [6.07, 6.45) is 2.26. The molecule has 0 aliphatic carbocycles. The van der Waals surface area contributed by atoms with E-state index in [0.29, 0.717) is 4.47 Å². The Morgan fingerprint density at radius 1 is 1.38 bits per heavy atom. The summed E-state index contributed by atoms with van der Waals surface area (Å²) >= 11 is 5.92. The maximum Gasteiger partial charge on any atom is 0.310 e. The quantitative estimate of drug-likeness (QED) is 0.579. The number of hydrogen-bond donors (Lipinski definition) is 1. The Morgan fingerprint density at radius 3 is 2.69 bits per heavy atom. The van der Waals surface area contributed by atoms with E-state index in [-0.39, 0.29) is 21.2 Å². The van der Waals surface area contributed by atoms with Crippen LogP contribution in [0.2, 0.25) is 5.02 Å². The Hall–Kier alpha value is -2.60. The van der Waals surface area contributed by atoms with E-state index in [2.05, 4.69) is 15.1 Å². The first kappa shape index (κ1) is 19.7. The van der Waals surface area contributed by atoms with E-state index < -0.39 is 26.5 Å². The average Bonchev–Trinajstić information content (AvgIpc) is 2.61. The molecule has 12 heteroatoms. The molecule has 0 saturated carbocycles. The van der Waals surface area contributed by atoms with Crippen LogP contribution in [-0.2, 0) is 14.9 Å². The zero-order valence-electron chi connectivity index (χ0n) is 13.5. The fourth-order valence-corrected chi connectivity index (χ4v) is 3.38. The number of sulfonamides is 1. The highest BCUT2D eigenvalue weighted by Crippen LogP contribution is 2.27. The minimum Gasteiger partial charge on any atom is -0.316 e. The summed E-state index contributed by atoms with van der Waals surface area (Å²) in [4.78, 5) is 30.6. The Morgan fingerprint density at radius 2 is 2.08 bits per heavy atom. The second-order valence-corrected chi connectivity index (χ2v) is 7.16. The molecule has 0 spiro atoms. The monoisotopic (exact) mass is 400 g/mol. The molecule has 0 radical (unpaired) electrons. The molecule has 2 aromatic rings. The number of nitrogens with one attached hydrogen (secondary N) is 1. The minimum atomic E-state index is -4.09. The number of hydroxylamine groups is 1. The third kappa shape index (κ3) is 3.96. The van der Waals surface area contributed by atoms with Crippen molar-refractivity contribution in [3.05, 3.63) is 57.4 Å². The molecule has 0 saturated heterocycles. The van der Waals surface area contributed by atoms with E-state index in [1.165, 1.54) is 31.4 Å². The molecule has 1 aromatic heterocycles. The number of aromatic nitrogens is 1. The number of halogens is 1. The summed E-state index contributed by atoms with van der Waals surface area (Å²) in [6.45, 7) is 0. The van der Waals surface area contributed by atoms with Crippen molar-refractivity contribution in [2.75, 3.05) is 19.5 Å². The summed E-state index contributed by atoms with van der Waals surface area (Å²) in [7, 11) is -1.77. The number of anilines is 1. The number of nitro groups is 1. The van der Waals surface area contributed by atoms with Crippen molar-refractivity contribution in [3.8, 4) is 0 Å². The van der Waals surface area contributed by atoms with Crippen LogP contribution in [0.25, 0.3) is 0 Å². The lowest BCUT2D eigenvalue weighted by atomic mass is 10.2. The summed E-state index contributed by atoms with van der Waals surface area (Å²) < 4.78 is 25.3. The fourth-order valence-electron chi connectivity index (χ4n) is 1.91. The van der Waals surface area contributed by atoms with E-state index >= 15 is 0 Å². The Labute approximate surface area is 153 Å².